The van der Waals surface area contributed by atoms with Crippen LogP contribution in [-0.2, 0) is 16.4 Å². The van der Waals surface area contributed by atoms with Gasteiger partial charge in [0.25, 0.3) is 5.91 Å². The van der Waals surface area contributed by atoms with Gasteiger partial charge in [-0.25, -0.2) is 8.42 Å². The van der Waals surface area contributed by atoms with Crippen molar-refractivity contribution in [2.75, 3.05) is 12.4 Å². The lowest BCUT2D eigenvalue weighted by molar-refractivity contribution is 0.0951. The minimum absolute atomic E-state index is 0.152. The highest BCUT2D eigenvalue weighted by Crippen LogP contribution is 2.13. The van der Waals surface area contributed by atoms with Crippen molar-refractivity contribution in [3.8, 4) is 0 Å². The number of halogens is 1. The first-order chi connectivity index (χ1) is 10.9. The number of carbonyl (C=O) groups excluding carboxylic acids is 1. The van der Waals surface area contributed by atoms with Gasteiger partial charge < -0.3 is 10.4 Å². The molecule has 0 unspecified atom stereocenters. The molecule has 0 heterocycles. The predicted molar refractivity (Wildman–Crippen MR) is 88.2 cm³/mol. The quantitative estimate of drug-likeness (QED) is 0.832. The number of benzene rings is 2. The van der Waals surface area contributed by atoms with E-state index in [4.69, 9.17) is 16.7 Å². The minimum Gasteiger partial charge on any atom is -0.395 e. The summed E-state index contributed by atoms with van der Waals surface area (Å²) in [6, 6.07) is 12.7. The molecule has 122 valence electrons. The molecule has 2 N–H and O–H groups in total. The second kappa shape index (κ2) is 7.59. The normalized spacial score (nSPS) is 11.2. The molecule has 0 saturated carbocycles. The second-order valence-electron chi connectivity index (χ2n) is 4.88. The number of sulfone groups is 1. The zero-order valence-electron chi connectivity index (χ0n) is 12.2. The largest absolute Gasteiger partial charge is 0.395 e. The maximum absolute atomic E-state index is 12.0. The van der Waals surface area contributed by atoms with Crippen molar-refractivity contribution in [2.24, 2.45) is 0 Å². The number of amides is 1. The van der Waals surface area contributed by atoms with Crippen LogP contribution < -0.4 is 5.32 Å². The molecular formula is C16H16ClNO4S. The molecule has 0 fully saturated rings. The topological polar surface area (TPSA) is 83.5 Å². The summed E-state index contributed by atoms with van der Waals surface area (Å²) < 4.78 is 23.6. The molecule has 0 aromatic heterocycles. The van der Waals surface area contributed by atoms with Crippen molar-refractivity contribution in [2.45, 2.75) is 11.4 Å². The summed E-state index contributed by atoms with van der Waals surface area (Å²) in [5, 5.41) is 12.1. The fourth-order valence-corrected chi connectivity index (χ4v) is 3.09. The van der Waals surface area contributed by atoms with Crippen molar-refractivity contribution < 1.29 is 18.3 Å². The molecule has 7 heteroatoms. The van der Waals surface area contributed by atoms with Gasteiger partial charge in [-0.1, -0.05) is 23.7 Å². The number of carbonyl (C=O) groups is 1. The molecule has 5 nitrogen and oxygen atoms in total. The van der Waals surface area contributed by atoms with Crippen molar-refractivity contribution in [3.05, 3.63) is 64.7 Å². The Kier molecular flexibility index (Phi) is 5.76. The summed E-state index contributed by atoms with van der Waals surface area (Å²) in [6.45, 7) is -0.136. The number of nitrogens with one attached hydrogen (secondary N) is 1. The minimum atomic E-state index is -3.46. The molecule has 0 spiro atoms. The summed E-state index contributed by atoms with van der Waals surface area (Å²) in [6.07, 6.45) is 0. The third kappa shape index (κ3) is 4.79. The van der Waals surface area contributed by atoms with Gasteiger partial charge in [-0.05, 0) is 42.0 Å². The molecule has 0 aliphatic heterocycles. The Balaban J connectivity index is 1.99. The van der Waals surface area contributed by atoms with E-state index < -0.39 is 16.4 Å². The Morgan fingerprint density at radius 1 is 1.04 bits per heavy atom. The van der Waals surface area contributed by atoms with Crippen LogP contribution in [0.4, 0.5) is 0 Å². The van der Waals surface area contributed by atoms with Gasteiger partial charge in [-0.3, -0.25) is 4.79 Å². The summed E-state index contributed by atoms with van der Waals surface area (Å²) in [7, 11) is -3.46. The molecule has 2 aromatic carbocycles. The zero-order chi connectivity index (χ0) is 16.9. The van der Waals surface area contributed by atoms with E-state index in [0.717, 1.165) is 5.56 Å². The first kappa shape index (κ1) is 17.5. The molecule has 0 bridgehead atoms. The molecule has 0 aliphatic carbocycles. The molecule has 2 rings (SSSR count). The van der Waals surface area contributed by atoms with E-state index in [1.807, 2.05) is 0 Å². The van der Waals surface area contributed by atoms with Gasteiger partial charge in [0.05, 0.1) is 17.3 Å². The Morgan fingerprint density at radius 3 is 2.22 bits per heavy atom. The number of hydrogen-bond acceptors (Lipinski definition) is 4. The SMILES string of the molecule is O=C(NCc1ccc(S(=O)(=O)CCO)cc1)c1ccc(Cl)cc1. The van der Waals surface area contributed by atoms with E-state index in [0.29, 0.717) is 10.6 Å². The molecule has 0 aliphatic rings. The average molecular weight is 354 g/mol. The van der Waals surface area contributed by atoms with Crippen LogP contribution in [0.5, 0.6) is 0 Å². The van der Waals surface area contributed by atoms with E-state index in [1.165, 1.54) is 12.1 Å². The number of rotatable bonds is 6. The van der Waals surface area contributed by atoms with Gasteiger partial charge in [-0.15, -0.1) is 0 Å². The molecule has 1 amide bonds. The summed E-state index contributed by atoms with van der Waals surface area (Å²) in [5.74, 6) is -0.543. The third-order valence-corrected chi connectivity index (χ3v) is 5.16. The molecular weight excluding hydrogens is 338 g/mol. The monoisotopic (exact) mass is 353 g/mol. The standard InChI is InChI=1S/C16H16ClNO4S/c17-14-5-3-13(4-6-14)16(20)18-11-12-1-7-15(8-2-12)23(21,22)10-9-19/h1-8,19H,9-11H2,(H,18,20). The van der Waals surface area contributed by atoms with E-state index in [-0.39, 0.29) is 23.1 Å². The Bertz CT molecular complexity index is 771. The van der Waals surface area contributed by atoms with E-state index in [2.05, 4.69) is 5.32 Å². The van der Waals surface area contributed by atoms with Crippen molar-refractivity contribution in [1.82, 2.24) is 5.32 Å². The van der Waals surface area contributed by atoms with Gasteiger partial charge in [0.15, 0.2) is 9.84 Å². The van der Waals surface area contributed by atoms with Gasteiger partial charge in [0.1, 0.15) is 0 Å². The first-order valence-corrected chi connectivity index (χ1v) is 8.92. The van der Waals surface area contributed by atoms with Crippen molar-refractivity contribution >= 4 is 27.3 Å². The fourth-order valence-electron chi connectivity index (χ4n) is 1.94. The van der Waals surface area contributed by atoms with Crippen LogP contribution in [0.25, 0.3) is 0 Å². The number of aliphatic hydroxyl groups excluding tert-OH is 1. The van der Waals surface area contributed by atoms with Gasteiger partial charge >= 0.3 is 0 Å². The zero-order valence-corrected chi connectivity index (χ0v) is 13.8. The average Bonchev–Trinajstić information content (AvgIpc) is 2.53. The molecule has 0 atom stereocenters. The van der Waals surface area contributed by atoms with Crippen LogP contribution in [0.2, 0.25) is 5.02 Å². The maximum atomic E-state index is 12.0. The summed E-state index contributed by atoms with van der Waals surface area (Å²) >= 11 is 5.77. The van der Waals surface area contributed by atoms with E-state index >= 15 is 0 Å². The van der Waals surface area contributed by atoms with Crippen molar-refractivity contribution in [3.63, 3.8) is 0 Å². The van der Waals surface area contributed by atoms with Gasteiger partial charge in [0.2, 0.25) is 0 Å². The smallest absolute Gasteiger partial charge is 0.251 e. The lowest BCUT2D eigenvalue weighted by Crippen LogP contribution is -2.22. The van der Waals surface area contributed by atoms with Crippen LogP contribution in [0.15, 0.2) is 53.4 Å². The van der Waals surface area contributed by atoms with Crippen molar-refractivity contribution in [1.29, 1.82) is 0 Å². The number of aliphatic hydroxyl groups is 1. The molecule has 2 aromatic rings. The van der Waals surface area contributed by atoms with Crippen LogP contribution in [0.1, 0.15) is 15.9 Å². The highest BCUT2D eigenvalue weighted by Gasteiger charge is 2.13. The second-order valence-corrected chi connectivity index (χ2v) is 7.42. The van der Waals surface area contributed by atoms with Crippen LogP contribution in [0.3, 0.4) is 0 Å². The van der Waals surface area contributed by atoms with E-state index in [9.17, 15) is 13.2 Å². The van der Waals surface area contributed by atoms with Crippen LogP contribution >= 0.6 is 11.6 Å². The first-order valence-electron chi connectivity index (χ1n) is 6.89. The summed E-state index contributed by atoms with van der Waals surface area (Å²) in [4.78, 5) is 12.1. The summed E-state index contributed by atoms with van der Waals surface area (Å²) in [5.41, 5.74) is 1.27. The highest BCUT2D eigenvalue weighted by molar-refractivity contribution is 7.91. The lowest BCUT2D eigenvalue weighted by Gasteiger charge is -2.07. The van der Waals surface area contributed by atoms with Gasteiger partial charge in [-0.2, -0.15) is 0 Å². The van der Waals surface area contributed by atoms with Crippen LogP contribution in [-0.4, -0.2) is 31.8 Å². The fraction of sp³-hybridized carbons (Fsp3) is 0.188. The lowest BCUT2D eigenvalue weighted by atomic mass is 10.2. The third-order valence-electron chi connectivity index (χ3n) is 3.20. The van der Waals surface area contributed by atoms with Gasteiger partial charge in [0, 0.05) is 17.1 Å². The molecule has 23 heavy (non-hydrogen) atoms. The molecule has 0 radical (unpaired) electrons. The Hall–Kier alpha value is -1.89. The van der Waals surface area contributed by atoms with E-state index in [1.54, 1.807) is 36.4 Å². The predicted octanol–water partition coefficient (Wildman–Crippen LogP) is 2.04. The Morgan fingerprint density at radius 2 is 1.65 bits per heavy atom. The maximum Gasteiger partial charge on any atom is 0.251 e. The highest BCUT2D eigenvalue weighted by atomic mass is 35.5. The number of hydrogen-bond donors (Lipinski definition) is 2. The molecule has 0 saturated heterocycles. The Labute approximate surface area is 139 Å². The van der Waals surface area contributed by atoms with Crippen LogP contribution in [0, 0.1) is 0 Å².